The Labute approximate surface area is 111 Å². The quantitative estimate of drug-likeness (QED) is 0.823. The van der Waals surface area contributed by atoms with Crippen molar-refractivity contribution in [3.8, 4) is 5.75 Å². The number of nitrogens with one attached hydrogen (secondary N) is 1. The van der Waals surface area contributed by atoms with E-state index in [1.165, 1.54) is 0 Å². The number of rotatable bonds is 5. The van der Waals surface area contributed by atoms with Crippen LogP contribution in [0.1, 0.15) is 13.3 Å². The van der Waals surface area contributed by atoms with Gasteiger partial charge >= 0.3 is 5.97 Å². The van der Waals surface area contributed by atoms with Crippen LogP contribution in [0.4, 0.5) is 5.69 Å². The third-order valence-corrected chi connectivity index (χ3v) is 3.13. The van der Waals surface area contributed by atoms with Crippen molar-refractivity contribution >= 4 is 17.6 Å². The van der Waals surface area contributed by atoms with Gasteiger partial charge in [0.15, 0.2) is 6.61 Å². The number of ether oxygens (including phenoxy) is 2. The van der Waals surface area contributed by atoms with E-state index in [0.717, 1.165) is 6.42 Å². The zero-order chi connectivity index (χ0) is 13.8. The highest BCUT2D eigenvalue weighted by molar-refractivity contribution is 5.93. The molecule has 0 saturated heterocycles. The molecule has 1 amide bonds. The number of hydrogen-bond acceptors (Lipinski definition) is 4. The summed E-state index contributed by atoms with van der Waals surface area (Å²) in [7, 11) is 1.58. The van der Waals surface area contributed by atoms with Crippen LogP contribution in [0.3, 0.4) is 0 Å². The Morgan fingerprint density at radius 1 is 1.32 bits per heavy atom. The van der Waals surface area contributed by atoms with Crippen LogP contribution < -0.4 is 10.1 Å². The first-order valence-electron chi connectivity index (χ1n) is 6.20. The van der Waals surface area contributed by atoms with E-state index in [9.17, 15) is 9.59 Å². The fourth-order valence-electron chi connectivity index (χ4n) is 1.77. The first-order chi connectivity index (χ1) is 9.10. The van der Waals surface area contributed by atoms with Gasteiger partial charge in [-0.1, -0.05) is 6.92 Å². The minimum absolute atomic E-state index is 0.0196. The summed E-state index contributed by atoms with van der Waals surface area (Å²) in [6.45, 7) is 1.75. The van der Waals surface area contributed by atoms with Gasteiger partial charge in [0.1, 0.15) is 5.75 Å². The lowest BCUT2D eigenvalue weighted by molar-refractivity contribution is -0.148. The largest absolute Gasteiger partial charge is 0.497 e. The first kappa shape index (κ1) is 13.4. The van der Waals surface area contributed by atoms with Crippen molar-refractivity contribution in [1.29, 1.82) is 0 Å². The maximum atomic E-state index is 11.6. The highest BCUT2D eigenvalue weighted by atomic mass is 16.5. The summed E-state index contributed by atoms with van der Waals surface area (Å²) < 4.78 is 9.95. The Bertz CT molecular complexity index is 469. The molecule has 5 heteroatoms. The second-order valence-corrected chi connectivity index (χ2v) is 4.70. The van der Waals surface area contributed by atoms with Crippen LogP contribution in [-0.4, -0.2) is 25.6 Å². The summed E-state index contributed by atoms with van der Waals surface area (Å²) in [4.78, 5) is 23.0. The monoisotopic (exact) mass is 263 g/mol. The normalized spacial score (nSPS) is 20.5. The topological polar surface area (TPSA) is 64.6 Å². The molecule has 0 unspecified atom stereocenters. The van der Waals surface area contributed by atoms with Crippen LogP contribution in [0, 0.1) is 11.8 Å². The van der Waals surface area contributed by atoms with Gasteiger partial charge in [-0.25, -0.2) is 0 Å². The Morgan fingerprint density at radius 3 is 2.47 bits per heavy atom. The average molecular weight is 263 g/mol. The van der Waals surface area contributed by atoms with Crippen molar-refractivity contribution in [2.75, 3.05) is 19.0 Å². The number of benzene rings is 1. The molecule has 1 fully saturated rings. The molecule has 2 atom stereocenters. The second kappa shape index (κ2) is 5.73. The number of carbonyl (C=O) groups excluding carboxylic acids is 2. The number of anilines is 1. The van der Waals surface area contributed by atoms with E-state index in [-0.39, 0.29) is 24.4 Å². The third kappa shape index (κ3) is 3.71. The van der Waals surface area contributed by atoms with E-state index in [1.807, 2.05) is 6.92 Å². The van der Waals surface area contributed by atoms with Gasteiger partial charge in [0.25, 0.3) is 5.91 Å². The van der Waals surface area contributed by atoms with Crippen LogP contribution >= 0.6 is 0 Å². The molecule has 0 radical (unpaired) electrons. The molecular weight excluding hydrogens is 246 g/mol. The smallest absolute Gasteiger partial charge is 0.309 e. The van der Waals surface area contributed by atoms with Gasteiger partial charge < -0.3 is 14.8 Å². The molecule has 5 nitrogen and oxygen atoms in total. The van der Waals surface area contributed by atoms with Crippen molar-refractivity contribution < 1.29 is 19.1 Å². The molecule has 102 valence electrons. The summed E-state index contributed by atoms with van der Waals surface area (Å²) >= 11 is 0. The van der Waals surface area contributed by atoms with Gasteiger partial charge in [-0.05, 0) is 36.6 Å². The Morgan fingerprint density at radius 2 is 1.95 bits per heavy atom. The van der Waals surface area contributed by atoms with Gasteiger partial charge in [0.05, 0.1) is 13.0 Å². The zero-order valence-electron chi connectivity index (χ0n) is 11.0. The molecule has 0 spiro atoms. The van der Waals surface area contributed by atoms with Crippen molar-refractivity contribution in [3.05, 3.63) is 24.3 Å². The molecular formula is C14H17NO4. The number of hydrogen-bond donors (Lipinski definition) is 1. The summed E-state index contributed by atoms with van der Waals surface area (Å²) in [5.74, 6) is 0.460. The van der Waals surface area contributed by atoms with Crippen LogP contribution in [0.15, 0.2) is 24.3 Å². The number of methoxy groups -OCH3 is 1. The SMILES string of the molecule is COc1ccc(NC(=O)COC(=O)[C@@H]2C[C@@H]2C)cc1. The Hall–Kier alpha value is -2.04. The minimum Gasteiger partial charge on any atom is -0.497 e. The van der Waals surface area contributed by atoms with E-state index in [4.69, 9.17) is 9.47 Å². The van der Waals surface area contributed by atoms with E-state index in [0.29, 0.717) is 17.4 Å². The standard InChI is InChI=1S/C14H17NO4/c1-9-7-12(9)14(17)19-8-13(16)15-10-3-5-11(18-2)6-4-10/h3-6,9,12H,7-8H2,1-2H3,(H,15,16)/t9-,12+/m0/s1. The Kier molecular flexibility index (Phi) is 4.04. The predicted octanol–water partition coefficient (Wildman–Crippen LogP) is 1.83. The maximum absolute atomic E-state index is 11.6. The zero-order valence-corrected chi connectivity index (χ0v) is 11.0. The highest BCUT2D eigenvalue weighted by Crippen LogP contribution is 2.38. The van der Waals surface area contributed by atoms with Crippen molar-refractivity contribution in [2.24, 2.45) is 11.8 Å². The minimum atomic E-state index is -0.341. The van der Waals surface area contributed by atoms with E-state index in [1.54, 1.807) is 31.4 Å². The molecule has 1 aliphatic carbocycles. The van der Waals surface area contributed by atoms with Gasteiger partial charge in [-0.3, -0.25) is 9.59 Å². The van der Waals surface area contributed by atoms with E-state index in [2.05, 4.69) is 5.32 Å². The van der Waals surface area contributed by atoms with Crippen LogP contribution in [0.2, 0.25) is 0 Å². The third-order valence-electron chi connectivity index (χ3n) is 3.13. The summed E-state index contributed by atoms with van der Waals surface area (Å²) in [5, 5.41) is 2.65. The molecule has 0 aliphatic heterocycles. The summed E-state index contributed by atoms with van der Waals surface area (Å²) in [6, 6.07) is 6.93. The van der Waals surface area contributed by atoms with Gasteiger partial charge in [0.2, 0.25) is 0 Å². The maximum Gasteiger partial charge on any atom is 0.309 e. The number of esters is 1. The molecule has 0 heterocycles. The van der Waals surface area contributed by atoms with Crippen LogP contribution in [-0.2, 0) is 14.3 Å². The molecule has 0 bridgehead atoms. The molecule has 1 N–H and O–H groups in total. The van der Waals surface area contributed by atoms with Crippen molar-refractivity contribution in [1.82, 2.24) is 0 Å². The molecule has 0 aromatic heterocycles. The van der Waals surface area contributed by atoms with Gasteiger partial charge in [0, 0.05) is 5.69 Å². The van der Waals surface area contributed by atoms with E-state index < -0.39 is 0 Å². The van der Waals surface area contributed by atoms with Crippen LogP contribution in [0.25, 0.3) is 0 Å². The Balaban J connectivity index is 1.75. The summed E-state index contributed by atoms with van der Waals surface area (Å²) in [6.07, 6.45) is 0.860. The van der Waals surface area contributed by atoms with Gasteiger partial charge in [-0.15, -0.1) is 0 Å². The lowest BCUT2D eigenvalue weighted by atomic mass is 10.3. The molecule has 1 aromatic rings. The second-order valence-electron chi connectivity index (χ2n) is 4.70. The van der Waals surface area contributed by atoms with Crippen LogP contribution in [0.5, 0.6) is 5.75 Å². The number of carbonyl (C=O) groups is 2. The van der Waals surface area contributed by atoms with Crippen molar-refractivity contribution in [3.63, 3.8) is 0 Å². The van der Waals surface area contributed by atoms with Gasteiger partial charge in [-0.2, -0.15) is 0 Å². The highest BCUT2D eigenvalue weighted by Gasteiger charge is 2.40. The average Bonchev–Trinajstić information content (AvgIpc) is 3.14. The molecule has 1 aliphatic rings. The lowest BCUT2D eigenvalue weighted by Gasteiger charge is -2.07. The molecule has 1 aromatic carbocycles. The fourth-order valence-corrected chi connectivity index (χ4v) is 1.77. The molecule has 2 rings (SSSR count). The molecule has 1 saturated carbocycles. The molecule has 19 heavy (non-hydrogen) atoms. The first-order valence-corrected chi connectivity index (χ1v) is 6.20. The fraction of sp³-hybridized carbons (Fsp3) is 0.429. The predicted molar refractivity (Wildman–Crippen MR) is 69.9 cm³/mol. The van der Waals surface area contributed by atoms with E-state index >= 15 is 0 Å². The van der Waals surface area contributed by atoms with Crippen molar-refractivity contribution in [2.45, 2.75) is 13.3 Å². The number of amides is 1. The lowest BCUT2D eigenvalue weighted by Crippen LogP contribution is -2.21. The summed E-state index contributed by atoms with van der Waals surface area (Å²) in [5.41, 5.74) is 0.640.